The Morgan fingerprint density at radius 2 is 1.78 bits per heavy atom. The van der Waals surface area contributed by atoms with Gasteiger partial charge in [0.25, 0.3) is 11.5 Å². The highest BCUT2D eigenvalue weighted by atomic mass is 32.1. The predicted octanol–water partition coefficient (Wildman–Crippen LogP) is 2.45. The number of hydrogen-bond acceptors (Lipinski definition) is 11. The van der Waals surface area contributed by atoms with Crippen LogP contribution in [0.15, 0.2) is 57.5 Å². The molecule has 1 saturated heterocycles. The molecule has 1 aromatic heterocycles. The van der Waals surface area contributed by atoms with Gasteiger partial charge in [-0.2, -0.15) is 0 Å². The molecule has 1 fully saturated rings. The summed E-state index contributed by atoms with van der Waals surface area (Å²) < 4.78 is 35.3. The van der Waals surface area contributed by atoms with Crippen LogP contribution in [0.25, 0.3) is 6.08 Å². The Balaban J connectivity index is 1.54. The number of aromatic nitrogens is 1. The molecular formula is C33H37N3O9S. The molecule has 0 unspecified atom stereocenters. The third-order valence-corrected chi connectivity index (χ3v) is 8.52. The summed E-state index contributed by atoms with van der Waals surface area (Å²) in [5.74, 6) is 1.18. The van der Waals surface area contributed by atoms with Gasteiger partial charge in [0.1, 0.15) is 17.5 Å². The fourth-order valence-electron chi connectivity index (χ4n) is 5.33. The average molecular weight is 652 g/mol. The van der Waals surface area contributed by atoms with Crippen LogP contribution in [0.1, 0.15) is 37.9 Å². The first-order valence-corrected chi connectivity index (χ1v) is 15.8. The minimum absolute atomic E-state index is 0.128. The molecule has 13 heteroatoms. The standard InChI is InChI=1S/C33H37N3O9S/c1-6-43-26-16-21(8-11-24(26)45-19-28(37)35-12-14-42-15-13-35)17-27-31(38)36-30(23-10-9-22(40-4)18-25(23)41-5)29(32(39)44-7-2)20(3)34-33(36)46-27/h8-11,16-18,30H,6-7,12-15,19H2,1-5H3/b27-17+/t30-/m1/s1. The van der Waals surface area contributed by atoms with Crippen molar-refractivity contribution in [1.29, 1.82) is 0 Å². The summed E-state index contributed by atoms with van der Waals surface area (Å²) in [6.45, 7) is 7.78. The molecule has 2 aromatic carbocycles. The number of ether oxygens (including phenoxy) is 6. The van der Waals surface area contributed by atoms with Crippen molar-refractivity contribution in [1.82, 2.24) is 9.47 Å². The third kappa shape index (κ3) is 6.80. The van der Waals surface area contributed by atoms with E-state index in [4.69, 9.17) is 28.4 Å². The summed E-state index contributed by atoms with van der Waals surface area (Å²) in [4.78, 5) is 46.8. The molecule has 1 amide bonds. The van der Waals surface area contributed by atoms with Crippen LogP contribution in [0.3, 0.4) is 0 Å². The molecule has 244 valence electrons. The number of hydrogen-bond donors (Lipinski definition) is 0. The SMILES string of the molecule is CCOC(=O)C1=C(C)N=c2s/c(=C/c3ccc(OCC(=O)N4CCOCC4)c(OCC)c3)c(=O)n2[C@@H]1c1ccc(OC)cc1OC. The lowest BCUT2D eigenvalue weighted by molar-refractivity contribution is -0.139. The minimum Gasteiger partial charge on any atom is -0.497 e. The van der Waals surface area contributed by atoms with Crippen molar-refractivity contribution in [2.75, 3.05) is 60.3 Å². The first kappa shape index (κ1) is 32.8. The normalized spacial score (nSPS) is 16.4. The molecule has 2 aliphatic heterocycles. The maximum Gasteiger partial charge on any atom is 0.338 e. The van der Waals surface area contributed by atoms with Crippen LogP contribution in [0.4, 0.5) is 0 Å². The maximum absolute atomic E-state index is 14.1. The van der Waals surface area contributed by atoms with Crippen molar-refractivity contribution in [2.45, 2.75) is 26.8 Å². The van der Waals surface area contributed by atoms with Gasteiger partial charge in [-0.25, -0.2) is 9.79 Å². The molecule has 2 aliphatic rings. The lowest BCUT2D eigenvalue weighted by Gasteiger charge is -2.26. The fourth-order valence-corrected chi connectivity index (χ4v) is 6.37. The number of morpholine rings is 1. The highest BCUT2D eigenvalue weighted by Gasteiger charge is 2.35. The molecule has 0 bridgehead atoms. The van der Waals surface area contributed by atoms with E-state index in [1.807, 2.05) is 6.92 Å². The van der Waals surface area contributed by atoms with Crippen LogP contribution in [0, 0.1) is 0 Å². The van der Waals surface area contributed by atoms with E-state index >= 15 is 0 Å². The molecule has 0 aliphatic carbocycles. The molecule has 12 nitrogen and oxygen atoms in total. The molecule has 0 N–H and O–H groups in total. The molecule has 46 heavy (non-hydrogen) atoms. The van der Waals surface area contributed by atoms with Crippen LogP contribution in [-0.2, 0) is 19.1 Å². The number of methoxy groups -OCH3 is 2. The van der Waals surface area contributed by atoms with Gasteiger partial charge in [-0.15, -0.1) is 0 Å². The Bertz CT molecular complexity index is 1820. The number of amides is 1. The molecule has 0 radical (unpaired) electrons. The number of esters is 1. The number of allylic oxidation sites excluding steroid dienone is 1. The Labute approximate surface area is 270 Å². The molecule has 5 rings (SSSR count). The molecule has 3 heterocycles. The van der Waals surface area contributed by atoms with Gasteiger partial charge < -0.3 is 33.3 Å². The second kappa shape index (κ2) is 14.6. The van der Waals surface area contributed by atoms with Crippen molar-refractivity contribution in [3.63, 3.8) is 0 Å². The number of nitrogens with zero attached hydrogens (tertiary/aromatic N) is 3. The van der Waals surface area contributed by atoms with Crippen molar-refractivity contribution >= 4 is 29.3 Å². The number of rotatable bonds is 11. The van der Waals surface area contributed by atoms with Gasteiger partial charge in [0, 0.05) is 24.7 Å². The highest BCUT2D eigenvalue weighted by Crippen LogP contribution is 2.37. The third-order valence-electron chi connectivity index (χ3n) is 7.53. The van der Waals surface area contributed by atoms with Gasteiger partial charge in [0.2, 0.25) is 0 Å². The summed E-state index contributed by atoms with van der Waals surface area (Å²) in [7, 11) is 3.07. The second-order valence-electron chi connectivity index (χ2n) is 10.3. The van der Waals surface area contributed by atoms with E-state index in [-0.39, 0.29) is 30.3 Å². The van der Waals surface area contributed by atoms with Gasteiger partial charge in [0.05, 0.1) is 56.4 Å². The largest absolute Gasteiger partial charge is 0.497 e. The zero-order valence-electron chi connectivity index (χ0n) is 26.5. The second-order valence-corrected chi connectivity index (χ2v) is 11.3. The van der Waals surface area contributed by atoms with E-state index in [2.05, 4.69) is 4.99 Å². The van der Waals surface area contributed by atoms with Crippen LogP contribution in [-0.4, -0.2) is 81.7 Å². The molecule has 1 atom stereocenters. The molecule has 0 spiro atoms. The number of benzene rings is 2. The quantitative estimate of drug-likeness (QED) is 0.288. The van der Waals surface area contributed by atoms with Crippen molar-refractivity contribution in [2.24, 2.45) is 4.99 Å². The van der Waals surface area contributed by atoms with Crippen molar-refractivity contribution in [3.8, 4) is 23.0 Å². The molecule has 3 aromatic rings. The van der Waals surface area contributed by atoms with Crippen molar-refractivity contribution < 1.29 is 38.0 Å². The lowest BCUT2D eigenvalue weighted by atomic mass is 9.95. The number of thiazole rings is 1. The number of carbonyl (C=O) groups excluding carboxylic acids is 2. The van der Waals surface area contributed by atoms with Crippen LogP contribution >= 0.6 is 11.3 Å². The average Bonchev–Trinajstić information content (AvgIpc) is 3.37. The zero-order chi connectivity index (χ0) is 32.8. The summed E-state index contributed by atoms with van der Waals surface area (Å²) in [5, 5.41) is 0. The van der Waals surface area contributed by atoms with Gasteiger partial charge in [-0.3, -0.25) is 14.2 Å². The first-order chi connectivity index (χ1) is 22.3. The van der Waals surface area contributed by atoms with Gasteiger partial charge in [-0.1, -0.05) is 17.4 Å². The van der Waals surface area contributed by atoms with E-state index in [0.29, 0.717) is 82.1 Å². The Hall–Kier alpha value is -4.62. The summed E-state index contributed by atoms with van der Waals surface area (Å²) >= 11 is 1.20. The Morgan fingerprint density at radius 3 is 2.48 bits per heavy atom. The number of fused-ring (bicyclic) bond motifs is 1. The molecular weight excluding hydrogens is 614 g/mol. The summed E-state index contributed by atoms with van der Waals surface area (Å²) in [6.07, 6.45) is 1.74. The van der Waals surface area contributed by atoms with E-state index in [9.17, 15) is 14.4 Å². The topological polar surface area (TPSA) is 127 Å². The predicted molar refractivity (Wildman–Crippen MR) is 170 cm³/mol. The van der Waals surface area contributed by atoms with Gasteiger partial charge >= 0.3 is 5.97 Å². The molecule has 0 saturated carbocycles. The minimum atomic E-state index is -0.850. The smallest absolute Gasteiger partial charge is 0.338 e. The van der Waals surface area contributed by atoms with Crippen molar-refractivity contribution in [3.05, 3.63) is 78.5 Å². The fraction of sp³-hybridized carbons (Fsp3) is 0.394. The maximum atomic E-state index is 14.1. The Morgan fingerprint density at radius 1 is 1.00 bits per heavy atom. The van der Waals surface area contributed by atoms with Crippen LogP contribution < -0.4 is 33.8 Å². The van der Waals surface area contributed by atoms with E-state index in [0.717, 1.165) is 0 Å². The van der Waals surface area contributed by atoms with Crippen LogP contribution in [0.5, 0.6) is 23.0 Å². The summed E-state index contributed by atoms with van der Waals surface area (Å²) in [6, 6.07) is 9.64. The summed E-state index contributed by atoms with van der Waals surface area (Å²) in [5.41, 5.74) is 1.62. The van der Waals surface area contributed by atoms with Crippen LogP contribution in [0.2, 0.25) is 0 Å². The Kier molecular flexibility index (Phi) is 10.4. The zero-order valence-corrected chi connectivity index (χ0v) is 27.3. The highest BCUT2D eigenvalue weighted by molar-refractivity contribution is 7.07. The van der Waals surface area contributed by atoms with E-state index < -0.39 is 12.0 Å². The number of carbonyl (C=O) groups is 2. The monoisotopic (exact) mass is 651 g/mol. The van der Waals surface area contributed by atoms with E-state index in [1.165, 1.54) is 23.0 Å². The lowest BCUT2D eigenvalue weighted by Crippen LogP contribution is -2.43. The van der Waals surface area contributed by atoms with Gasteiger partial charge in [-0.05, 0) is 56.7 Å². The van der Waals surface area contributed by atoms with Gasteiger partial charge in [0.15, 0.2) is 22.9 Å². The first-order valence-electron chi connectivity index (χ1n) is 15.0. The van der Waals surface area contributed by atoms with E-state index in [1.54, 1.807) is 68.3 Å².